The molecule has 15 heavy (non-hydrogen) atoms. The first kappa shape index (κ1) is 10.6. The average Bonchev–Trinajstić information content (AvgIpc) is 2.83. The predicted molar refractivity (Wildman–Crippen MR) is 47.0 cm³/mol. The first-order valence-corrected chi connectivity index (χ1v) is 4.99. The van der Waals surface area contributed by atoms with Gasteiger partial charge in [0.1, 0.15) is 0 Å². The van der Waals surface area contributed by atoms with Crippen LogP contribution in [0.2, 0.25) is 0 Å². The van der Waals surface area contributed by atoms with Gasteiger partial charge in [-0.25, -0.2) is 4.79 Å². The monoisotopic (exact) mass is 222 g/mol. The van der Waals surface area contributed by atoms with Gasteiger partial charge in [0, 0.05) is 12.1 Å². The number of halogens is 3. The molecule has 1 aliphatic heterocycles. The van der Waals surface area contributed by atoms with Crippen molar-refractivity contribution in [2.45, 2.75) is 37.4 Å². The van der Waals surface area contributed by atoms with Crippen LogP contribution in [-0.2, 0) is 0 Å². The molecule has 1 aliphatic carbocycles. The zero-order valence-electron chi connectivity index (χ0n) is 8.18. The smallest absolute Gasteiger partial charge is 0.351 e. The molecule has 1 heterocycles. The summed E-state index contributed by atoms with van der Waals surface area (Å²) in [6.07, 6.45) is -2.82. The van der Waals surface area contributed by atoms with Gasteiger partial charge >= 0.3 is 12.2 Å². The van der Waals surface area contributed by atoms with Crippen LogP contribution in [0.4, 0.5) is 18.0 Å². The number of amides is 2. The van der Waals surface area contributed by atoms with Crippen LogP contribution in [0.1, 0.15) is 25.7 Å². The summed E-state index contributed by atoms with van der Waals surface area (Å²) < 4.78 is 37.5. The average molecular weight is 222 g/mol. The number of urea groups is 1. The molecule has 0 aromatic rings. The first-order chi connectivity index (χ1) is 6.85. The van der Waals surface area contributed by atoms with E-state index in [4.69, 9.17) is 5.73 Å². The maximum atomic E-state index is 12.5. The Balaban J connectivity index is 2.09. The molecule has 3 nitrogen and oxygen atoms in total. The molecule has 2 rings (SSSR count). The maximum Gasteiger partial charge on any atom is 0.391 e. The standard InChI is InChI=1S/C9H13F3N2O/c10-9(11,12)6-1-4-14(7(13)15)8(5-6)2-3-8/h6H,1-5H2,(H2,13,15). The van der Waals surface area contributed by atoms with Gasteiger partial charge in [-0.2, -0.15) is 13.2 Å². The predicted octanol–water partition coefficient (Wildman–Crippen LogP) is 1.87. The van der Waals surface area contributed by atoms with Gasteiger partial charge in [-0.15, -0.1) is 0 Å². The van der Waals surface area contributed by atoms with Gasteiger partial charge in [0.05, 0.1) is 5.92 Å². The summed E-state index contributed by atoms with van der Waals surface area (Å²) in [4.78, 5) is 12.4. The molecule has 1 unspecified atom stereocenters. The maximum absolute atomic E-state index is 12.5. The van der Waals surface area contributed by atoms with Gasteiger partial charge in [0.15, 0.2) is 0 Å². The minimum atomic E-state index is -4.14. The molecular weight excluding hydrogens is 209 g/mol. The Morgan fingerprint density at radius 1 is 1.40 bits per heavy atom. The number of likely N-dealkylation sites (tertiary alicyclic amines) is 1. The van der Waals surface area contributed by atoms with E-state index in [1.807, 2.05) is 0 Å². The molecular formula is C9H13F3N2O. The normalized spacial score (nSPS) is 29.3. The summed E-state index contributed by atoms with van der Waals surface area (Å²) in [5, 5.41) is 0. The largest absolute Gasteiger partial charge is 0.391 e. The first-order valence-electron chi connectivity index (χ1n) is 4.99. The summed E-state index contributed by atoms with van der Waals surface area (Å²) >= 11 is 0. The van der Waals surface area contributed by atoms with Crippen molar-refractivity contribution < 1.29 is 18.0 Å². The van der Waals surface area contributed by atoms with E-state index in [0.29, 0.717) is 12.8 Å². The van der Waals surface area contributed by atoms with Crippen molar-refractivity contribution in [2.75, 3.05) is 6.54 Å². The van der Waals surface area contributed by atoms with Crippen LogP contribution in [-0.4, -0.2) is 29.2 Å². The number of nitrogens with zero attached hydrogens (tertiary/aromatic N) is 1. The van der Waals surface area contributed by atoms with E-state index in [1.54, 1.807) is 0 Å². The molecule has 86 valence electrons. The quantitative estimate of drug-likeness (QED) is 0.668. The van der Waals surface area contributed by atoms with Crippen molar-refractivity contribution in [1.82, 2.24) is 4.90 Å². The molecule has 1 saturated heterocycles. The molecule has 0 aromatic carbocycles. The number of hydrogen-bond donors (Lipinski definition) is 1. The van der Waals surface area contributed by atoms with Crippen molar-refractivity contribution in [2.24, 2.45) is 11.7 Å². The Bertz CT molecular complexity index is 286. The SMILES string of the molecule is NC(=O)N1CCC(C(F)(F)F)CC12CC2. The molecule has 6 heteroatoms. The Kier molecular flexibility index (Phi) is 2.13. The van der Waals surface area contributed by atoms with Crippen LogP contribution >= 0.6 is 0 Å². The molecule has 0 aromatic heterocycles. The summed E-state index contributed by atoms with van der Waals surface area (Å²) in [5.74, 6) is -1.27. The van der Waals surface area contributed by atoms with Gasteiger partial charge < -0.3 is 10.6 Å². The Morgan fingerprint density at radius 3 is 2.40 bits per heavy atom. The molecule has 2 fully saturated rings. The lowest BCUT2D eigenvalue weighted by atomic mass is 9.89. The number of piperidine rings is 1. The molecule has 1 spiro atoms. The van der Waals surface area contributed by atoms with Crippen LogP contribution in [0.3, 0.4) is 0 Å². The minimum Gasteiger partial charge on any atom is -0.351 e. The summed E-state index contributed by atoms with van der Waals surface area (Å²) in [5.41, 5.74) is 4.58. The molecule has 1 atom stereocenters. The lowest BCUT2D eigenvalue weighted by Crippen LogP contribution is -2.52. The van der Waals surface area contributed by atoms with E-state index in [1.165, 1.54) is 4.90 Å². The Morgan fingerprint density at radius 2 is 2.00 bits per heavy atom. The number of rotatable bonds is 0. The topological polar surface area (TPSA) is 46.3 Å². The van der Waals surface area contributed by atoms with E-state index in [-0.39, 0.29) is 19.4 Å². The summed E-state index contributed by atoms with van der Waals surface area (Å²) in [6.45, 7) is 0.138. The van der Waals surface area contributed by atoms with Crippen molar-refractivity contribution >= 4 is 6.03 Å². The molecule has 2 N–H and O–H groups in total. The second-order valence-corrected chi connectivity index (χ2v) is 4.45. The summed E-state index contributed by atoms with van der Waals surface area (Å²) in [6, 6.07) is -0.590. The minimum absolute atomic E-state index is 0.0197. The fourth-order valence-electron chi connectivity index (χ4n) is 2.43. The van der Waals surface area contributed by atoms with Crippen LogP contribution in [0.15, 0.2) is 0 Å². The number of carbonyl (C=O) groups excluding carboxylic acids is 1. The summed E-state index contributed by atoms with van der Waals surface area (Å²) in [7, 11) is 0. The van der Waals surface area contributed by atoms with Crippen LogP contribution < -0.4 is 5.73 Å². The molecule has 2 amide bonds. The van der Waals surface area contributed by atoms with Gasteiger partial charge in [-0.05, 0) is 25.7 Å². The van der Waals surface area contributed by atoms with Crippen molar-refractivity contribution in [3.8, 4) is 0 Å². The van der Waals surface area contributed by atoms with Crippen molar-refractivity contribution in [3.63, 3.8) is 0 Å². The van der Waals surface area contributed by atoms with Crippen LogP contribution in [0.25, 0.3) is 0 Å². The number of carbonyl (C=O) groups is 1. The van der Waals surface area contributed by atoms with E-state index in [2.05, 4.69) is 0 Å². The third-order valence-corrected chi connectivity index (χ3v) is 3.46. The lowest BCUT2D eigenvalue weighted by molar-refractivity contribution is -0.189. The Labute approximate surface area is 85.4 Å². The third kappa shape index (κ3) is 1.77. The van der Waals surface area contributed by atoms with E-state index in [0.717, 1.165) is 0 Å². The highest BCUT2D eigenvalue weighted by Gasteiger charge is 2.57. The number of nitrogens with two attached hydrogens (primary N) is 1. The molecule has 0 bridgehead atoms. The van der Waals surface area contributed by atoms with Gasteiger partial charge in [0.25, 0.3) is 0 Å². The highest BCUT2D eigenvalue weighted by atomic mass is 19.4. The van der Waals surface area contributed by atoms with E-state index >= 15 is 0 Å². The second-order valence-electron chi connectivity index (χ2n) is 4.45. The highest BCUT2D eigenvalue weighted by Crippen LogP contribution is 2.52. The fraction of sp³-hybridized carbons (Fsp3) is 0.889. The zero-order valence-corrected chi connectivity index (χ0v) is 8.18. The lowest BCUT2D eigenvalue weighted by Gasteiger charge is -2.39. The van der Waals surface area contributed by atoms with Gasteiger partial charge in [-0.1, -0.05) is 0 Å². The van der Waals surface area contributed by atoms with Gasteiger partial charge in [0.2, 0.25) is 0 Å². The molecule has 0 radical (unpaired) electrons. The Hall–Kier alpha value is -0.940. The fourth-order valence-corrected chi connectivity index (χ4v) is 2.43. The highest BCUT2D eigenvalue weighted by molar-refractivity contribution is 5.73. The number of primary amides is 1. The van der Waals surface area contributed by atoms with Crippen molar-refractivity contribution in [1.29, 1.82) is 0 Å². The van der Waals surface area contributed by atoms with Crippen molar-refractivity contribution in [3.05, 3.63) is 0 Å². The number of hydrogen-bond acceptors (Lipinski definition) is 1. The molecule has 2 aliphatic rings. The molecule has 1 saturated carbocycles. The van der Waals surface area contributed by atoms with E-state index < -0.39 is 23.7 Å². The zero-order chi connectivity index (χ0) is 11.3. The van der Waals surface area contributed by atoms with Crippen LogP contribution in [0, 0.1) is 5.92 Å². The van der Waals surface area contributed by atoms with Crippen LogP contribution in [0.5, 0.6) is 0 Å². The van der Waals surface area contributed by atoms with Gasteiger partial charge in [-0.3, -0.25) is 0 Å². The second kappa shape index (κ2) is 3.02. The number of alkyl halides is 3. The van der Waals surface area contributed by atoms with E-state index in [9.17, 15) is 18.0 Å². The third-order valence-electron chi connectivity index (χ3n) is 3.46.